The van der Waals surface area contributed by atoms with Crippen LogP contribution in [0.5, 0.6) is 0 Å². The van der Waals surface area contributed by atoms with Crippen LogP contribution in [0, 0.1) is 0 Å². The van der Waals surface area contributed by atoms with E-state index in [-0.39, 0.29) is 0 Å². The fourth-order valence-electron chi connectivity index (χ4n) is 2.30. The van der Waals surface area contributed by atoms with E-state index in [1.807, 2.05) is 32.0 Å². The third-order valence-electron chi connectivity index (χ3n) is 3.02. The van der Waals surface area contributed by atoms with E-state index >= 15 is 0 Å². The van der Waals surface area contributed by atoms with Gasteiger partial charge in [-0.25, -0.2) is 0 Å². The molecule has 0 saturated carbocycles. The number of ether oxygens (including phenoxy) is 2. The first-order chi connectivity index (χ1) is 8.21. The predicted molar refractivity (Wildman–Crippen MR) is 69.0 cm³/mol. The molecule has 4 nitrogen and oxygen atoms in total. The summed E-state index contributed by atoms with van der Waals surface area (Å²) in [5.74, 6) is -0.577. The van der Waals surface area contributed by atoms with Crippen LogP contribution in [-0.4, -0.2) is 25.5 Å². The van der Waals surface area contributed by atoms with Gasteiger partial charge in [0.1, 0.15) is 0 Å². The Hall–Kier alpha value is -1.26. The maximum absolute atomic E-state index is 6.00. The van der Waals surface area contributed by atoms with Gasteiger partial charge in [-0.05, 0) is 26.0 Å². The molecule has 3 N–H and O–H groups in total. The lowest BCUT2D eigenvalue weighted by Crippen LogP contribution is -2.48. The average Bonchev–Trinajstić information content (AvgIpc) is 2.31. The molecule has 0 radical (unpaired) electrons. The molecule has 94 valence electrons. The average molecular weight is 236 g/mol. The molecule has 0 spiro atoms. The van der Waals surface area contributed by atoms with Gasteiger partial charge in [-0.2, -0.15) is 0 Å². The Labute approximate surface area is 102 Å². The van der Waals surface area contributed by atoms with Crippen LogP contribution in [0.4, 0.5) is 11.4 Å². The first kappa shape index (κ1) is 12.2. The lowest BCUT2D eigenvalue weighted by Gasteiger charge is -2.38. The molecule has 4 heteroatoms. The first-order valence-corrected chi connectivity index (χ1v) is 6.10. The highest BCUT2D eigenvalue weighted by atomic mass is 16.7. The Kier molecular flexibility index (Phi) is 3.54. The van der Waals surface area contributed by atoms with Crippen LogP contribution < -0.4 is 11.1 Å². The maximum Gasteiger partial charge on any atom is 0.189 e. The van der Waals surface area contributed by atoms with Crippen LogP contribution >= 0.6 is 0 Å². The molecule has 1 aromatic carbocycles. The number of nitrogens with one attached hydrogen (secondary N) is 1. The van der Waals surface area contributed by atoms with Crippen molar-refractivity contribution in [3.8, 4) is 0 Å². The Bertz CT molecular complexity index is 387. The van der Waals surface area contributed by atoms with E-state index in [0.29, 0.717) is 26.2 Å². The monoisotopic (exact) mass is 236 g/mol. The number of nitrogens with two attached hydrogens (primary N) is 1. The fourth-order valence-corrected chi connectivity index (χ4v) is 2.30. The third kappa shape index (κ3) is 2.37. The van der Waals surface area contributed by atoms with Crippen molar-refractivity contribution in [2.24, 2.45) is 0 Å². The van der Waals surface area contributed by atoms with E-state index < -0.39 is 5.79 Å². The summed E-state index contributed by atoms with van der Waals surface area (Å²) in [6.45, 7) is 5.87. The molecule has 17 heavy (non-hydrogen) atoms. The third-order valence-corrected chi connectivity index (χ3v) is 3.02. The molecule has 0 aliphatic carbocycles. The van der Waals surface area contributed by atoms with Crippen molar-refractivity contribution in [2.45, 2.75) is 26.1 Å². The predicted octanol–water partition coefficient (Wildman–Crippen LogP) is 2.01. The van der Waals surface area contributed by atoms with E-state index in [0.717, 1.165) is 16.9 Å². The zero-order valence-corrected chi connectivity index (χ0v) is 10.5. The van der Waals surface area contributed by atoms with Crippen molar-refractivity contribution in [1.29, 1.82) is 0 Å². The largest absolute Gasteiger partial charge is 0.398 e. The zero-order valence-electron chi connectivity index (χ0n) is 10.5. The van der Waals surface area contributed by atoms with Gasteiger partial charge in [-0.15, -0.1) is 0 Å². The maximum atomic E-state index is 6.00. The fraction of sp³-hybridized carbons (Fsp3) is 0.538. The first-order valence-electron chi connectivity index (χ1n) is 6.10. The van der Waals surface area contributed by atoms with Crippen molar-refractivity contribution < 1.29 is 9.47 Å². The Morgan fingerprint density at radius 2 is 2.00 bits per heavy atom. The summed E-state index contributed by atoms with van der Waals surface area (Å²) in [6.07, 6.45) is 0.698. The second-order valence-corrected chi connectivity index (χ2v) is 4.18. The number of hydrogen-bond donors (Lipinski definition) is 2. The van der Waals surface area contributed by atoms with Crippen molar-refractivity contribution >= 4 is 11.4 Å². The summed E-state index contributed by atoms with van der Waals surface area (Å²) < 4.78 is 11.6. The van der Waals surface area contributed by atoms with Crippen LogP contribution in [0.15, 0.2) is 18.2 Å². The molecule has 1 heterocycles. The smallest absolute Gasteiger partial charge is 0.189 e. The minimum absolute atomic E-state index is 0.577. The highest BCUT2D eigenvalue weighted by molar-refractivity contribution is 5.65. The van der Waals surface area contributed by atoms with Crippen LogP contribution in [0.3, 0.4) is 0 Å². The molecule has 0 bridgehead atoms. The molecule has 1 aliphatic rings. The van der Waals surface area contributed by atoms with Crippen molar-refractivity contribution in [2.75, 3.05) is 30.8 Å². The number of rotatable bonds is 4. The van der Waals surface area contributed by atoms with Gasteiger partial charge in [0.05, 0.1) is 6.54 Å². The van der Waals surface area contributed by atoms with E-state index in [1.165, 1.54) is 0 Å². The molecule has 1 aliphatic heterocycles. The molecule has 0 aromatic heterocycles. The van der Waals surface area contributed by atoms with Gasteiger partial charge in [-0.3, -0.25) is 0 Å². The molecule has 0 unspecified atom stereocenters. The molecule has 0 fully saturated rings. The second kappa shape index (κ2) is 4.94. The van der Waals surface area contributed by atoms with Crippen LogP contribution in [0.25, 0.3) is 0 Å². The van der Waals surface area contributed by atoms with Crippen LogP contribution in [-0.2, 0) is 15.9 Å². The van der Waals surface area contributed by atoms with E-state index in [2.05, 4.69) is 5.32 Å². The molecule has 1 aromatic rings. The molecular formula is C13H20N2O2. The zero-order chi connectivity index (χ0) is 12.3. The number of anilines is 2. The standard InChI is InChI=1S/C13H20N2O2/c1-3-16-13(17-4-2)8-10-11(14)6-5-7-12(10)15-9-13/h5-7,15H,3-4,8-9,14H2,1-2H3. The van der Waals surface area contributed by atoms with E-state index in [1.54, 1.807) is 0 Å². The molecule has 0 amide bonds. The summed E-state index contributed by atoms with van der Waals surface area (Å²) in [6, 6.07) is 5.90. The minimum Gasteiger partial charge on any atom is -0.398 e. The van der Waals surface area contributed by atoms with Gasteiger partial charge in [0.15, 0.2) is 5.79 Å². The van der Waals surface area contributed by atoms with Crippen molar-refractivity contribution in [3.05, 3.63) is 23.8 Å². The van der Waals surface area contributed by atoms with Gasteiger partial charge >= 0.3 is 0 Å². The van der Waals surface area contributed by atoms with E-state index in [4.69, 9.17) is 15.2 Å². The SMILES string of the molecule is CCOC1(OCC)CNc2cccc(N)c2C1. The summed E-state index contributed by atoms with van der Waals surface area (Å²) >= 11 is 0. The van der Waals surface area contributed by atoms with Gasteiger partial charge < -0.3 is 20.5 Å². The number of fused-ring (bicyclic) bond motifs is 1. The normalized spacial score (nSPS) is 17.3. The van der Waals surface area contributed by atoms with E-state index in [9.17, 15) is 0 Å². The number of hydrogen-bond acceptors (Lipinski definition) is 4. The Morgan fingerprint density at radius 1 is 1.29 bits per heavy atom. The lowest BCUT2D eigenvalue weighted by molar-refractivity contribution is -0.224. The Balaban J connectivity index is 2.28. The van der Waals surface area contributed by atoms with Crippen LogP contribution in [0.2, 0.25) is 0 Å². The topological polar surface area (TPSA) is 56.5 Å². The molecular weight excluding hydrogens is 216 g/mol. The van der Waals surface area contributed by atoms with Gasteiger partial charge in [0.25, 0.3) is 0 Å². The molecule has 2 rings (SSSR count). The van der Waals surface area contributed by atoms with Gasteiger partial charge in [-0.1, -0.05) is 6.07 Å². The lowest BCUT2D eigenvalue weighted by atomic mass is 9.97. The highest BCUT2D eigenvalue weighted by Gasteiger charge is 2.36. The minimum atomic E-state index is -0.577. The van der Waals surface area contributed by atoms with Crippen molar-refractivity contribution in [3.63, 3.8) is 0 Å². The van der Waals surface area contributed by atoms with Crippen molar-refractivity contribution in [1.82, 2.24) is 0 Å². The Morgan fingerprint density at radius 3 is 2.65 bits per heavy atom. The van der Waals surface area contributed by atoms with Gasteiger partial charge in [0.2, 0.25) is 0 Å². The summed E-state index contributed by atoms with van der Waals surface area (Å²) in [5, 5.41) is 3.33. The summed E-state index contributed by atoms with van der Waals surface area (Å²) in [7, 11) is 0. The molecule has 0 saturated heterocycles. The van der Waals surface area contributed by atoms with Crippen LogP contribution in [0.1, 0.15) is 19.4 Å². The second-order valence-electron chi connectivity index (χ2n) is 4.18. The number of nitrogen functional groups attached to an aromatic ring is 1. The number of benzene rings is 1. The van der Waals surface area contributed by atoms with Gasteiger partial charge in [0, 0.05) is 36.6 Å². The molecule has 0 atom stereocenters. The highest BCUT2D eigenvalue weighted by Crippen LogP contribution is 2.33. The summed E-state index contributed by atoms with van der Waals surface area (Å²) in [5.41, 5.74) is 8.96. The summed E-state index contributed by atoms with van der Waals surface area (Å²) in [4.78, 5) is 0. The quantitative estimate of drug-likeness (QED) is 0.620.